The van der Waals surface area contributed by atoms with Gasteiger partial charge in [-0.25, -0.2) is 0 Å². The first-order valence-corrected chi connectivity index (χ1v) is 4.52. The smallest absolute Gasteiger partial charge is 0.846 e. The normalized spacial score (nSPS) is 11.2. The molecule has 0 aliphatic rings. The van der Waals surface area contributed by atoms with Crippen LogP contribution in [0, 0.1) is 6.92 Å². The van der Waals surface area contributed by atoms with Gasteiger partial charge in [0.25, 0.3) is 0 Å². The molecule has 0 bridgehead atoms. The molecule has 0 aliphatic heterocycles. The van der Waals surface area contributed by atoms with Gasteiger partial charge in [0.15, 0.2) is 0 Å². The van der Waals surface area contributed by atoms with Gasteiger partial charge >= 0.3 is 57.2 Å². The zero-order valence-corrected chi connectivity index (χ0v) is 18.6. The summed E-state index contributed by atoms with van der Waals surface area (Å²) in [5.41, 5.74) is 0. The minimum Gasteiger partial charge on any atom is -0.846 e. The van der Waals surface area contributed by atoms with E-state index in [1.807, 2.05) is 5.32 Å². The van der Waals surface area contributed by atoms with Crippen LogP contribution >= 0.6 is 0 Å². The average Bonchev–Trinajstić information content (AvgIpc) is 2.23. The van der Waals surface area contributed by atoms with E-state index in [4.69, 9.17) is 4.74 Å². The zero-order chi connectivity index (χ0) is 12.6. The van der Waals surface area contributed by atoms with Crippen LogP contribution in [-0.2, 0) is 42.0 Å². The number of carboxylic acid groups (broad SMARTS) is 1. The number of carbonyl (C=O) groups excluding carboxylic acids is 2. The van der Waals surface area contributed by atoms with Crippen LogP contribution in [-0.4, -0.2) is 43.1 Å². The Bertz CT molecular complexity index is 290. The third kappa shape index (κ3) is 18.3. The molecule has 19 heavy (non-hydrogen) atoms. The first kappa shape index (κ1) is 27.6. The Hall–Kier alpha value is 0.265. The molecule has 0 spiro atoms. The zero-order valence-electron chi connectivity index (χ0n) is 11.1. The summed E-state index contributed by atoms with van der Waals surface area (Å²) in [6.07, 6.45) is -1.22. The van der Waals surface area contributed by atoms with Crippen LogP contribution in [0.4, 0.5) is 0 Å². The molecule has 0 aromatic rings. The van der Waals surface area contributed by atoms with Gasteiger partial charge in [0.05, 0.1) is 6.02 Å². The van der Waals surface area contributed by atoms with Crippen molar-refractivity contribution in [1.82, 2.24) is 5.32 Å². The van der Waals surface area contributed by atoms with Crippen LogP contribution in [0.5, 0.6) is 0 Å². The monoisotopic (exact) mass is 472 g/mol. The number of nitrogens with one attached hydrogen (secondary N) is 1. The fourth-order valence-electron chi connectivity index (χ4n) is 0.696. The molecule has 1 unspecified atom stereocenters. The number of amides is 1. The topological polar surface area (TPSA) is 145 Å². The number of ether oxygens (including phenoxy) is 1. The van der Waals surface area contributed by atoms with Crippen molar-refractivity contribution in [3.63, 3.8) is 0 Å². The van der Waals surface area contributed by atoms with Crippen molar-refractivity contribution in [3.05, 3.63) is 6.92 Å². The van der Waals surface area contributed by atoms with E-state index in [9.17, 15) is 19.8 Å². The van der Waals surface area contributed by atoms with Gasteiger partial charge < -0.3 is 37.5 Å². The Balaban J connectivity index is -0.000000375. The van der Waals surface area contributed by atoms with Crippen molar-refractivity contribution in [2.75, 3.05) is 13.7 Å². The molecule has 100 valence electrons. The summed E-state index contributed by atoms with van der Waals surface area (Å²) in [5.74, 6) is -2.06. The summed E-state index contributed by atoms with van der Waals surface area (Å²) in [6, 6.07) is -0.839. The van der Waals surface area contributed by atoms with Crippen LogP contribution in [0.2, 0.25) is 0 Å². The summed E-state index contributed by atoms with van der Waals surface area (Å²) >= 11 is 0. The maximum atomic E-state index is 11.0. The summed E-state index contributed by atoms with van der Waals surface area (Å²) in [5, 5.41) is 22.9. The van der Waals surface area contributed by atoms with E-state index < -0.39 is 30.4 Å². The van der Waals surface area contributed by atoms with Crippen LogP contribution in [0.3, 0.4) is 0 Å². The number of nitrogens with zero attached hydrogens (tertiary/aromatic N) is 1. The molecule has 3 N–H and O–H groups in total. The van der Waals surface area contributed by atoms with Crippen LogP contribution < -0.4 is 45.1 Å². The van der Waals surface area contributed by atoms with E-state index in [1.165, 1.54) is 7.11 Å². The number of aliphatic carboxylic acids is 1. The van der Waals surface area contributed by atoms with Crippen molar-refractivity contribution >= 4 is 17.9 Å². The van der Waals surface area contributed by atoms with Gasteiger partial charge in [0.1, 0.15) is 0 Å². The first-order valence-electron chi connectivity index (χ1n) is 4.52. The standard InChI is InChI=1S/C9H15N2O5.Hg.Na.H2O/c1-6(16-2)5-10-9(15)11-7(12)3-4-8(13)14;;;/h6H,1,3-5H2,2H3,(H,13,14)(H2,10,11,12,15);;;1H2/q-1;+2;+1;/p-2. The van der Waals surface area contributed by atoms with E-state index in [-0.39, 0.29) is 75.7 Å². The predicted molar refractivity (Wildman–Crippen MR) is 54.5 cm³/mol. The van der Waals surface area contributed by atoms with Gasteiger partial charge in [-0.2, -0.15) is 0 Å². The second kappa shape index (κ2) is 16.3. The molecular formula is C9H15HgN2NaO6. The predicted octanol–water partition coefficient (Wildman–Crippen LogP) is -6.63. The van der Waals surface area contributed by atoms with E-state index in [1.54, 1.807) is 0 Å². The minimum atomic E-state index is -1.35. The van der Waals surface area contributed by atoms with Crippen molar-refractivity contribution in [2.24, 2.45) is 4.99 Å². The van der Waals surface area contributed by atoms with Crippen molar-refractivity contribution in [2.45, 2.75) is 18.9 Å². The van der Waals surface area contributed by atoms with E-state index in [2.05, 4.69) is 11.9 Å². The molecule has 0 aromatic heterocycles. The number of hydrogen-bond donors (Lipinski definition) is 1. The number of aliphatic imine (C=N–C) groups is 1. The Morgan fingerprint density at radius 2 is 1.89 bits per heavy atom. The number of rotatable bonds is 6. The molecule has 8 nitrogen and oxygen atoms in total. The molecule has 10 heteroatoms. The molecule has 0 saturated carbocycles. The fraction of sp³-hybridized carbons (Fsp3) is 0.556. The quantitative estimate of drug-likeness (QED) is 0.177. The first-order chi connectivity index (χ1) is 7.45. The van der Waals surface area contributed by atoms with Crippen molar-refractivity contribution in [1.29, 1.82) is 0 Å². The van der Waals surface area contributed by atoms with Gasteiger partial charge in [-0.1, -0.05) is 0 Å². The molecule has 0 rings (SSSR count). The summed E-state index contributed by atoms with van der Waals surface area (Å²) in [7, 11) is 1.41. The Kier molecular flexibility index (Phi) is 23.7. The summed E-state index contributed by atoms with van der Waals surface area (Å²) in [4.78, 5) is 24.4. The Morgan fingerprint density at radius 1 is 1.37 bits per heavy atom. The van der Waals surface area contributed by atoms with E-state index >= 15 is 0 Å². The van der Waals surface area contributed by atoms with Gasteiger partial charge in [0, 0.05) is 26.0 Å². The molecular weight excluding hydrogens is 456 g/mol. The summed E-state index contributed by atoms with van der Waals surface area (Å²) in [6.45, 7) is 3.52. The third-order valence-electron chi connectivity index (χ3n) is 1.57. The second-order valence-corrected chi connectivity index (χ2v) is 2.92. The third-order valence-corrected chi connectivity index (χ3v) is 1.57. The average molecular weight is 471 g/mol. The minimum absolute atomic E-state index is 0. The molecule has 0 saturated heterocycles. The Labute approximate surface area is 154 Å². The largest absolute Gasteiger partial charge is 2.00 e. The summed E-state index contributed by atoms with van der Waals surface area (Å²) < 4.78 is 4.73. The number of carbonyl (C=O) groups is 2. The number of carboxylic acids is 1. The molecule has 0 radical (unpaired) electrons. The van der Waals surface area contributed by atoms with E-state index in [0.717, 1.165) is 0 Å². The van der Waals surface area contributed by atoms with Gasteiger partial charge in [-0.05, 0) is 12.5 Å². The number of hydrogen-bond acceptors (Lipinski definition) is 6. The second-order valence-electron chi connectivity index (χ2n) is 2.92. The SMILES string of the molecule is O.[CH2-]C(CN=C([O-])NC(=O)CCC(=O)[O-])OC.[Hg+2].[Na+]. The van der Waals surface area contributed by atoms with Crippen LogP contribution in [0.15, 0.2) is 4.99 Å². The van der Waals surface area contributed by atoms with Gasteiger partial charge in [-0.15, -0.1) is 0 Å². The molecule has 1 amide bonds. The molecule has 0 heterocycles. The van der Waals surface area contributed by atoms with Gasteiger partial charge in [-0.3, -0.25) is 9.79 Å². The van der Waals surface area contributed by atoms with E-state index in [0.29, 0.717) is 0 Å². The van der Waals surface area contributed by atoms with Crippen LogP contribution in [0.1, 0.15) is 12.8 Å². The Morgan fingerprint density at radius 3 is 2.32 bits per heavy atom. The van der Waals surface area contributed by atoms with Crippen molar-refractivity contribution < 1.29 is 87.2 Å². The fourth-order valence-corrected chi connectivity index (χ4v) is 0.696. The van der Waals surface area contributed by atoms with Gasteiger partial charge in [0.2, 0.25) is 5.91 Å². The molecule has 0 aliphatic carbocycles. The maximum Gasteiger partial charge on any atom is 2.00 e. The number of amidine groups is 1. The molecule has 0 fully saturated rings. The van der Waals surface area contributed by atoms with Crippen molar-refractivity contribution in [3.8, 4) is 0 Å². The van der Waals surface area contributed by atoms with Crippen LogP contribution in [0.25, 0.3) is 0 Å². The number of methoxy groups -OCH3 is 1. The maximum absolute atomic E-state index is 11.0. The molecule has 0 aromatic carbocycles. The molecule has 1 atom stereocenters.